The third kappa shape index (κ3) is 41.9. The molecule has 0 heterocycles. The van der Waals surface area contributed by atoms with Gasteiger partial charge in [-0.25, -0.2) is 4.57 Å². The molecule has 0 saturated heterocycles. The van der Waals surface area contributed by atoms with Gasteiger partial charge >= 0.3 is 7.82 Å². The predicted molar refractivity (Wildman–Crippen MR) is 244 cm³/mol. The average Bonchev–Trinajstić information content (AvgIpc) is 3.16. The second kappa shape index (κ2) is 39.4. The maximum atomic E-state index is 12.9. The summed E-state index contributed by atoms with van der Waals surface area (Å²) in [6, 6.07) is -0.787. The molecule has 0 saturated carbocycles. The van der Waals surface area contributed by atoms with Gasteiger partial charge in [-0.1, -0.05) is 177 Å². The van der Waals surface area contributed by atoms with Gasteiger partial charge < -0.3 is 19.8 Å². The highest BCUT2D eigenvalue weighted by Gasteiger charge is 2.28. The fourth-order valence-electron chi connectivity index (χ4n) is 6.11. The molecule has 57 heavy (non-hydrogen) atoms. The molecular formula is C48H88N2O6P+. The molecule has 3 unspecified atom stereocenters. The first kappa shape index (κ1) is 54.9. The molecule has 1 amide bonds. The van der Waals surface area contributed by atoms with E-state index in [1.807, 2.05) is 21.1 Å². The van der Waals surface area contributed by atoms with Gasteiger partial charge in [0, 0.05) is 6.42 Å². The zero-order valence-electron chi connectivity index (χ0n) is 37.3. The van der Waals surface area contributed by atoms with Crippen LogP contribution in [0.15, 0.2) is 72.9 Å². The Bertz CT molecular complexity index is 1160. The Morgan fingerprint density at radius 2 is 1.05 bits per heavy atom. The smallest absolute Gasteiger partial charge is 0.391 e. The molecule has 0 aliphatic rings. The number of aliphatic hydroxyl groups is 1. The molecule has 0 bridgehead atoms. The van der Waals surface area contributed by atoms with E-state index in [0.717, 1.165) is 70.6 Å². The average molecular weight is 820 g/mol. The largest absolute Gasteiger partial charge is 0.472 e. The SMILES string of the molecule is CC/C=C\C/C=C\C/C=C\C/C=C\C/C=C\C/C=C\CCCCC(=O)NC(COP(=O)(O)OCC[N+](C)(C)C)C(O)CCCCCCCCCCCCCCCC. The van der Waals surface area contributed by atoms with Crippen molar-refractivity contribution in [3.8, 4) is 0 Å². The van der Waals surface area contributed by atoms with Crippen LogP contribution < -0.4 is 5.32 Å². The Hall–Kier alpha value is -2.06. The van der Waals surface area contributed by atoms with E-state index in [0.29, 0.717) is 30.3 Å². The summed E-state index contributed by atoms with van der Waals surface area (Å²) < 4.78 is 23.6. The van der Waals surface area contributed by atoms with Crippen LogP contribution in [-0.4, -0.2) is 73.4 Å². The first-order chi connectivity index (χ1) is 27.5. The number of hydrogen-bond acceptors (Lipinski definition) is 5. The number of nitrogens with one attached hydrogen (secondary N) is 1. The maximum absolute atomic E-state index is 12.9. The van der Waals surface area contributed by atoms with E-state index in [4.69, 9.17) is 9.05 Å². The van der Waals surface area contributed by atoms with Gasteiger partial charge in [-0.2, -0.15) is 0 Å². The Balaban J connectivity index is 4.46. The van der Waals surface area contributed by atoms with Crippen molar-refractivity contribution in [2.75, 3.05) is 40.9 Å². The van der Waals surface area contributed by atoms with Crippen molar-refractivity contribution in [3.05, 3.63) is 72.9 Å². The molecule has 0 aromatic heterocycles. The summed E-state index contributed by atoms with van der Waals surface area (Å²) in [4.78, 5) is 23.1. The molecule has 330 valence electrons. The van der Waals surface area contributed by atoms with Crippen molar-refractivity contribution >= 4 is 13.7 Å². The number of unbranched alkanes of at least 4 members (excludes halogenated alkanes) is 15. The minimum absolute atomic E-state index is 0.0622. The predicted octanol–water partition coefficient (Wildman–Crippen LogP) is 12.8. The summed E-state index contributed by atoms with van der Waals surface area (Å²) in [5.41, 5.74) is 0. The molecule has 9 heteroatoms. The molecule has 0 spiro atoms. The summed E-state index contributed by atoms with van der Waals surface area (Å²) in [5.74, 6) is -0.190. The van der Waals surface area contributed by atoms with Crippen molar-refractivity contribution in [1.29, 1.82) is 0 Å². The van der Waals surface area contributed by atoms with Crippen LogP contribution in [0.25, 0.3) is 0 Å². The summed E-state index contributed by atoms with van der Waals surface area (Å²) >= 11 is 0. The van der Waals surface area contributed by atoms with Crippen LogP contribution in [0.2, 0.25) is 0 Å². The van der Waals surface area contributed by atoms with Crippen molar-refractivity contribution in [2.24, 2.45) is 0 Å². The molecule has 0 aliphatic carbocycles. The summed E-state index contributed by atoms with van der Waals surface area (Å²) in [5, 5.41) is 13.9. The fourth-order valence-corrected chi connectivity index (χ4v) is 6.84. The summed E-state index contributed by atoms with van der Waals surface area (Å²) in [6.45, 7) is 4.72. The number of phosphoric acid groups is 1. The van der Waals surface area contributed by atoms with Crippen LogP contribution in [0, 0.1) is 0 Å². The highest BCUT2D eigenvalue weighted by atomic mass is 31.2. The van der Waals surface area contributed by atoms with Gasteiger partial charge in [-0.05, 0) is 64.2 Å². The molecule has 8 nitrogen and oxygen atoms in total. The number of quaternary nitrogens is 1. The van der Waals surface area contributed by atoms with Gasteiger partial charge in [-0.3, -0.25) is 13.8 Å². The van der Waals surface area contributed by atoms with Gasteiger partial charge in [0.1, 0.15) is 13.2 Å². The monoisotopic (exact) mass is 820 g/mol. The highest BCUT2D eigenvalue weighted by Crippen LogP contribution is 2.43. The number of likely N-dealkylation sites (N-methyl/N-ethyl adjacent to an activating group) is 1. The Morgan fingerprint density at radius 1 is 0.614 bits per heavy atom. The second-order valence-corrected chi connectivity index (χ2v) is 17.9. The number of hydrogen-bond donors (Lipinski definition) is 3. The van der Waals surface area contributed by atoms with Gasteiger partial charge in [-0.15, -0.1) is 0 Å². The van der Waals surface area contributed by atoms with Crippen LogP contribution in [0.4, 0.5) is 0 Å². The van der Waals surface area contributed by atoms with Crippen LogP contribution in [-0.2, 0) is 18.4 Å². The number of carbonyl (C=O) groups is 1. The molecular weight excluding hydrogens is 732 g/mol. The van der Waals surface area contributed by atoms with Crippen molar-refractivity contribution in [1.82, 2.24) is 5.32 Å². The van der Waals surface area contributed by atoms with Gasteiger partial charge in [0.15, 0.2) is 0 Å². The third-order valence-corrected chi connectivity index (χ3v) is 10.7. The molecule has 0 radical (unpaired) electrons. The number of phosphoric ester groups is 1. The summed E-state index contributed by atoms with van der Waals surface area (Å²) in [6.07, 6.45) is 52.1. The minimum atomic E-state index is -4.33. The lowest BCUT2D eigenvalue weighted by molar-refractivity contribution is -0.870. The van der Waals surface area contributed by atoms with Crippen molar-refractivity contribution in [3.63, 3.8) is 0 Å². The van der Waals surface area contributed by atoms with E-state index in [2.05, 4.69) is 92.1 Å². The maximum Gasteiger partial charge on any atom is 0.472 e. The van der Waals surface area contributed by atoms with E-state index in [1.54, 1.807) is 0 Å². The molecule has 3 N–H and O–H groups in total. The Labute approximate surface area is 351 Å². The van der Waals surface area contributed by atoms with Crippen LogP contribution >= 0.6 is 7.82 Å². The number of aliphatic hydroxyl groups excluding tert-OH is 1. The number of allylic oxidation sites excluding steroid dienone is 12. The van der Waals surface area contributed by atoms with Gasteiger partial charge in [0.2, 0.25) is 5.91 Å². The van der Waals surface area contributed by atoms with E-state index in [-0.39, 0.29) is 19.1 Å². The topological polar surface area (TPSA) is 105 Å². The fraction of sp³-hybridized carbons (Fsp3) is 0.729. The van der Waals surface area contributed by atoms with E-state index < -0.39 is 20.0 Å². The molecule has 0 rings (SSSR count). The number of rotatable bonds is 40. The standard InChI is InChI=1S/C48H87N2O6P/c1-6-8-10-12-14-16-18-20-22-23-24-25-26-27-28-30-32-34-36-38-40-42-48(52)49-46(45-56-57(53,54)55-44-43-50(3,4)5)47(51)41-39-37-35-33-31-29-21-19-17-15-13-11-9-7-2/h8,10,14,16,20,22,24-25,27-28,32,34,46-47,51H,6-7,9,11-13,15,17-19,21,23,26,29-31,33,35-45H2,1-5H3,(H-,49,52,53,54)/p+1/b10-8-,16-14-,22-20-,25-24-,28-27-,34-32-. The zero-order chi connectivity index (χ0) is 42.1. The summed E-state index contributed by atoms with van der Waals surface area (Å²) in [7, 11) is 1.57. The van der Waals surface area contributed by atoms with Crippen LogP contribution in [0.5, 0.6) is 0 Å². The number of amides is 1. The van der Waals surface area contributed by atoms with Crippen molar-refractivity contribution in [2.45, 2.75) is 187 Å². The molecule has 0 aromatic carbocycles. The molecule has 3 atom stereocenters. The molecule has 0 fully saturated rings. The quantitative estimate of drug-likeness (QED) is 0.0246. The molecule has 0 aliphatic heterocycles. The minimum Gasteiger partial charge on any atom is -0.391 e. The third-order valence-electron chi connectivity index (χ3n) is 9.72. The van der Waals surface area contributed by atoms with E-state index in [1.165, 1.54) is 70.6 Å². The van der Waals surface area contributed by atoms with E-state index >= 15 is 0 Å². The molecule has 0 aromatic rings. The zero-order valence-corrected chi connectivity index (χ0v) is 38.2. The van der Waals surface area contributed by atoms with Crippen LogP contribution in [0.1, 0.15) is 174 Å². The lowest BCUT2D eigenvalue weighted by Gasteiger charge is -2.26. The Morgan fingerprint density at radius 3 is 1.51 bits per heavy atom. The number of carbonyl (C=O) groups excluding carboxylic acids is 1. The number of nitrogens with zero attached hydrogens (tertiary/aromatic N) is 1. The first-order valence-corrected chi connectivity index (χ1v) is 24.3. The van der Waals surface area contributed by atoms with E-state index in [9.17, 15) is 19.4 Å². The van der Waals surface area contributed by atoms with Crippen molar-refractivity contribution < 1.29 is 32.9 Å². The Kier molecular flexibility index (Phi) is 38.0. The highest BCUT2D eigenvalue weighted by molar-refractivity contribution is 7.47. The van der Waals surface area contributed by atoms with Crippen LogP contribution in [0.3, 0.4) is 0 Å². The first-order valence-electron chi connectivity index (χ1n) is 22.8. The second-order valence-electron chi connectivity index (χ2n) is 16.4. The lowest BCUT2D eigenvalue weighted by Crippen LogP contribution is -2.46. The lowest BCUT2D eigenvalue weighted by atomic mass is 10.0. The van der Waals surface area contributed by atoms with Gasteiger partial charge in [0.25, 0.3) is 0 Å². The van der Waals surface area contributed by atoms with Gasteiger partial charge in [0.05, 0.1) is 39.9 Å². The normalized spacial score (nSPS) is 15.0.